The maximum atomic E-state index is 12.3. The fourth-order valence-corrected chi connectivity index (χ4v) is 3.05. The Bertz CT molecular complexity index is 574. The van der Waals surface area contributed by atoms with Gasteiger partial charge in [0, 0.05) is 24.5 Å². The van der Waals surface area contributed by atoms with Crippen LogP contribution in [0.25, 0.3) is 0 Å². The van der Waals surface area contributed by atoms with Crippen LogP contribution in [0.2, 0.25) is 0 Å². The number of ether oxygens (including phenoxy) is 2. The molecule has 0 radical (unpaired) electrons. The summed E-state index contributed by atoms with van der Waals surface area (Å²) in [5.41, 5.74) is -0.502. The summed E-state index contributed by atoms with van der Waals surface area (Å²) in [4.78, 5) is 15.8. The Labute approximate surface area is 141 Å². The first kappa shape index (κ1) is 17.7. The molecule has 0 spiro atoms. The summed E-state index contributed by atoms with van der Waals surface area (Å²) >= 11 is 1.47. The number of carbonyl (C=O) groups excluding carboxylic acids is 1. The van der Waals surface area contributed by atoms with E-state index in [9.17, 15) is 4.79 Å². The van der Waals surface area contributed by atoms with E-state index in [1.54, 1.807) is 4.90 Å². The Morgan fingerprint density at radius 2 is 2.35 bits per heavy atom. The number of hydrogen-bond acceptors (Lipinski definition) is 6. The van der Waals surface area contributed by atoms with E-state index in [0.29, 0.717) is 37.7 Å². The molecule has 1 aromatic heterocycles. The number of amides is 1. The third-order valence-electron chi connectivity index (χ3n) is 3.31. The van der Waals surface area contributed by atoms with Crippen LogP contribution in [0.3, 0.4) is 0 Å². The Balaban J connectivity index is 1.86. The topological polar surface area (TPSA) is 74.6 Å². The molecule has 2 heterocycles. The first-order valence-corrected chi connectivity index (χ1v) is 8.47. The third kappa shape index (κ3) is 5.50. The average Bonchev–Trinajstić information content (AvgIpc) is 2.94. The lowest BCUT2D eigenvalue weighted by atomic mass is 10.2. The van der Waals surface area contributed by atoms with Crippen LogP contribution in [0.5, 0.6) is 0 Å². The van der Waals surface area contributed by atoms with Gasteiger partial charge < -0.3 is 14.8 Å². The van der Waals surface area contributed by atoms with Crippen molar-refractivity contribution < 1.29 is 14.3 Å². The zero-order chi connectivity index (χ0) is 16.9. The van der Waals surface area contributed by atoms with Gasteiger partial charge in [-0.15, -0.1) is 11.3 Å². The van der Waals surface area contributed by atoms with Gasteiger partial charge in [-0.05, 0) is 32.9 Å². The quantitative estimate of drug-likeness (QED) is 0.913. The zero-order valence-electron chi connectivity index (χ0n) is 13.8. The van der Waals surface area contributed by atoms with E-state index in [1.807, 2.05) is 32.9 Å². The Morgan fingerprint density at radius 3 is 3.00 bits per heavy atom. The molecule has 0 saturated carbocycles. The van der Waals surface area contributed by atoms with Crippen LogP contribution in [-0.2, 0) is 16.0 Å². The Kier molecular flexibility index (Phi) is 5.99. The van der Waals surface area contributed by atoms with Crippen LogP contribution in [0.1, 0.15) is 30.5 Å². The normalized spacial score (nSPS) is 18.5. The number of nitrogens with one attached hydrogen (secondary N) is 1. The van der Waals surface area contributed by atoms with Crippen LogP contribution in [0.15, 0.2) is 12.1 Å². The van der Waals surface area contributed by atoms with Crippen molar-refractivity contribution in [3.63, 3.8) is 0 Å². The SMILES string of the molecule is CC(C)(C)OC(=O)N1CCOCC1CNCc1ccc(C#N)s1. The number of hydrogen-bond donors (Lipinski definition) is 1. The fraction of sp³-hybridized carbons (Fsp3) is 0.625. The second kappa shape index (κ2) is 7.77. The third-order valence-corrected chi connectivity index (χ3v) is 4.30. The molecule has 1 aliphatic rings. The maximum absolute atomic E-state index is 12.3. The van der Waals surface area contributed by atoms with Gasteiger partial charge in [-0.1, -0.05) is 0 Å². The van der Waals surface area contributed by atoms with Gasteiger partial charge >= 0.3 is 6.09 Å². The predicted molar refractivity (Wildman–Crippen MR) is 88.3 cm³/mol. The van der Waals surface area contributed by atoms with Crippen molar-refractivity contribution in [1.82, 2.24) is 10.2 Å². The van der Waals surface area contributed by atoms with Gasteiger partial charge in [0.25, 0.3) is 0 Å². The van der Waals surface area contributed by atoms with Crippen molar-refractivity contribution in [2.45, 2.75) is 39.0 Å². The molecule has 1 fully saturated rings. The standard InChI is InChI=1S/C16H23N3O3S/c1-16(2,3)22-15(20)19-6-7-21-11-12(19)9-18-10-14-5-4-13(8-17)23-14/h4-5,12,18H,6-7,9-11H2,1-3H3. The van der Waals surface area contributed by atoms with E-state index in [1.165, 1.54) is 11.3 Å². The van der Waals surface area contributed by atoms with Crippen molar-refractivity contribution in [2.24, 2.45) is 0 Å². The number of thiophene rings is 1. The second-order valence-corrected chi connectivity index (χ2v) is 7.58. The molecule has 23 heavy (non-hydrogen) atoms. The smallest absolute Gasteiger partial charge is 0.410 e. The summed E-state index contributed by atoms with van der Waals surface area (Å²) in [7, 11) is 0. The van der Waals surface area contributed by atoms with Gasteiger partial charge in [0.1, 0.15) is 16.5 Å². The molecule has 1 saturated heterocycles. The average molecular weight is 337 g/mol. The van der Waals surface area contributed by atoms with Gasteiger partial charge in [0.15, 0.2) is 0 Å². The van der Waals surface area contributed by atoms with Gasteiger partial charge in [-0.3, -0.25) is 4.90 Å². The highest BCUT2D eigenvalue weighted by atomic mass is 32.1. The fourth-order valence-electron chi connectivity index (χ4n) is 2.28. The molecule has 1 N–H and O–H groups in total. The van der Waals surface area contributed by atoms with Crippen LogP contribution in [0.4, 0.5) is 4.79 Å². The van der Waals surface area contributed by atoms with Gasteiger partial charge in [-0.25, -0.2) is 4.79 Å². The van der Waals surface area contributed by atoms with E-state index in [0.717, 1.165) is 4.88 Å². The molecule has 1 atom stereocenters. The van der Waals surface area contributed by atoms with Gasteiger partial charge in [0.05, 0.1) is 19.3 Å². The highest BCUT2D eigenvalue weighted by molar-refractivity contribution is 7.12. The van der Waals surface area contributed by atoms with Crippen molar-refractivity contribution in [1.29, 1.82) is 5.26 Å². The first-order valence-electron chi connectivity index (χ1n) is 7.66. The van der Waals surface area contributed by atoms with Crippen molar-refractivity contribution in [3.8, 4) is 6.07 Å². The number of nitrogens with zero attached hydrogens (tertiary/aromatic N) is 2. The molecule has 0 aliphatic carbocycles. The lowest BCUT2D eigenvalue weighted by Crippen LogP contribution is -2.53. The minimum absolute atomic E-state index is 0.0472. The summed E-state index contributed by atoms with van der Waals surface area (Å²) in [6.45, 7) is 8.46. The van der Waals surface area contributed by atoms with Crippen molar-refractivity contribution in [2.75, 3.05) is 26.3 Å². The molecule has 0 bridgehead atoms. The predicted octanol–water partition coefficient (Wildman–Crippen LogP) is 2.35. The van der Waals surface area contributed by atoms with E-state index in [2.05, 4.69) is 11.4 Å². The highest BCUT2D eigenvalue weighted by Crippen LogP contribution is 2.16. The first-order chi connectivity index (χ1) is 10.9. The van der Waals surface area contributed by atoms with Crippen molar-refractivity contribution in [3.05, 3.63) is 21.9 Å². The molecule has 1 aliphatic heterocycles. The molecule has 0 aromatic carbocycles. The molecule has 1 aromatic rings. The molecular weight excluding hydrogens is 314 g/mol. The molecule has 126 valence electrons. The molecule has 1 unspecified atom stereocenters. The lowest BCUT2D eigenvalue weighted by molar-refractivity contribution is -0.0317. The van der Waals surface area contributed by atoms with Crippen LogP contribution in [-0.4, -0.2) is 48.9 Å². The summed E-state index contributed by atoms with van der Waals surface area (Å²) in [6.07, 6.45) is -0.296. The van der Waals surface area contributed by atoms with Crippen LogP contribution < -0.4 is 5.32 Å². The summed E-state index contributed by atoms with van der Waals surface area (Å²) in [5.74, 6) is 0. The van der Waals surface area contributed by atoms with E-state index in [4.69, 9.17) is 14.7 Å². The monoisotopic (exact) mass is 337 g/mol. The Hall–Kier alpha value is -1.62. The number of morpholine rings is 1. The minimum atomic E-state index is -0.502. The van der Waals surface area contributed by atoms with E-state index >= 15 is 0 Å². The Morgan fingerprint density at radius 1 is 1.57 bits per heavy atom. The van der Waals surface area contributed by atoms with Crippen LogP contribution in [0, 0.1) is 11.3 Å². The second-order valence-electron chi connectivity index (χ2n) is 6.41. The van der Waals surface area contributed by atoms with Crippen molar-refractivity contribution >= 4 is 17.4 Å². The summed E-state index contributed by atoms with van der Waals surface area (Å²) in [6, 6.07) is 5.85. The molecule has 7 heteroatoms. The number of rotatable bonds is 4. The molecule has 1 amide bonds. The van der Waals surface area contributed by atoms with Gasteiger partial charge in [0.2, 0.25) is 0 Å². The maximum Gasteiger partial charge on any atom is 0.410 e. The lowest BCUT2D eigenvalue weighted by Gasteiger charge is -2.36. The van der Waals surface area contributed by atoms with E-state index in [-0.39, 0.29) is 12.1 Å². The summed E-state index contributed by atoms with van der Waals surface area (Å²) in [5, 5.41) is 12.2. The largest absolute Gasteiger partial charge is 0.444 e. The van der Waals surface area contributed by atoms with Crippen LogP contribution >= 0.6 is 11.3 Å². The zero-order valence-corrected chi connectivity index (χ0v) is 14.6. The minimum Gasteiger partial charge on any atom is -0.444 e. The molecular formula is C16H23N3O3S. The number of nitriles is 1. The molecule has 2 rings (SSSR count). The van der Waals surface area contributed by atoms with Gasteiger partial charge in [-0.2, -0.15) is 5.26 Å². The summed E-state index contributed by atoms with van der Waals surface area (Å²) < 4.78 is 10.9. The molecule has 6 nitrogen and oxygen atoms in total. The number of carbonyl (C=O) groups is 1. The van der Waals surface area contributed by atoms with E-state index < -0.39 is 5.60 Å². The highest BCUT2D eigenvalue weighted by Gasteiger charge is 2.30.